The summed E-state index contributed by atoms with van der Waals surface area (Å²) < 4.78 is 21.0. The number of aryl methyl sites for hydroxylation is 1. The van der Waals surface area contributed by atoms with Crippen LogP contribution in [0.3, 0.4) is 0 Å². The first-order valence-electron chi connectivity index (χ1n) is 8.60. The van der Waals surface area contributed by atoms with E-state index in [1.165, 1.54) is 0 Å². The van der Waals surface area contributed by atoms with Crippen molar-refractivity contribution < 1.29 is 28.5 Å². The Hall–Kier alpha value is -1.92. The molecule has 0 aliphatic carbocycles. The molecule has 0 saturated carbocycles. The van der Waals surface area contributed by atoms with Gasteiger partial charge in [0.25, 0.3) is 0 Å². The van der Waals surface area contributed by atoms with Gasteiger partial charge >= 0.3 is 11.9 Å². The summed E-state index contributed by atoms with van der Waals surface area (Å²) in [6.07, 6.45) is 0.979. The maximum atomic E-state index is 12.0. The smallest absolute Gasteiger partial charge is 0.338 e. The largest absolute Gasteiger partial charge is 0.460 e. The van der Waals surface area contributed by atoms with Gasteiger partial charge in [-0.1, -0.05) is 20.8 Å². The van der Waals surface area contributed by atoms with E-state index < -0.39 is 5.97 Å². The fourth-order valence-electron chi connectivity index (χ4n) is 1.86. The lowest BCUT2D eigenvalue weighted by atomic mass is 10.1. The van der Waals surface area contributed by atoms with Crippen molar-refractivity contribution in [1.82, 2.24) is 0 Å². The summed E-state index contributed by atoms with van der Waals surface area (Å²) in [5.41, 5.74) is 1.11. The zero-order chi connectivity index (χ0) is 18.7. The summed E-state index contributed by atoms with van der Waals surface area (Å²) in [7, 11) is 0. The molecular weight excluding hydrogens is 324 g/mol. The Morgan fingerprint density at radius 1 is 1.00 bits per heavy atom. The van der Waals surface area contributed by atoms with Crippen molar-refractivity contribution in [3.8, 4) is 5.75 Å². The second-order valence-electron chi connectivity index (χ2n) is 5.92. The number of carbonyl (C=O) groups excluding carboxylic acids is 2. The predicted molar refractivity (Wildman–Crippen MR) is 93.9 cm³/mol. The van der Waals surface area contributed by atoms with Crippen molar-refractivity contribution in [2.45, 2.75) is 34.1 Å². The van der Waals surface area contributed by atoms with Crippen LogP contribution in [0, 0.1) is 12.8 Å². The van der Waals surface area contributed by atoms with Crippen LogP contribution in [0.2, 0.25) is 0 Å². The van der Waals surface area contributed by atoms with E-state index in [0.29, 0.717) is 36.7 Å². The fourth-order valence-corrected chi connectivity index (χ4v) is 1.86. The molecule has 0 amide bonds. The van der Waals surface area contributed by atoms with Gasteiger partial charge in [0.05, 0.1) is 31.3 Å². The van der Waals surface area contributed by atoms with E-state index in [2.05, 4.69) is 0 Å². The highest BCUT2D eigenvalue weighted by Gasteiger charge is 2.14. The van der Waals surface area contributed by atoms with E-state index in [4.69, 9.17) is 18.9 Å². The van der Waals surface area contributed by atoms with Crippen LogP contribution >= 0.6 is 0 Å². The second kappa shape index (κ2) is 11.6. The molecule has 0 heterocycles. The Kier molecular flexibility index (Phi) is 9.80. The third-order valence-electron chi connectivity index (χ3n) is 3.27. The Morgan fingerprint density at radius 3 is 2.24 bits per heavy atom. The van der Waals surface area contributed by atoms with Crippen LogP contribution in [0.4, 0.5) is 0 Å². The molecule has 140 valence electrons. The van der Waals surface area contributed by atoms with Crippen molar-refractivity contribution >= 4 is 11.9 Å². The molecule has 1 aromatic carbocycles. The first-order chi connectivity index (χ1) is 12.0. The Labute approximate surface area is 149 Å². The molecule has 0 bridgehead atoms. The lowest BCUT2D eigenvalue weighted by Gasteiger charge is -2.11. The lowest BCUT2D eigenvalue weighted by molar-refractivity contribution is -0.137. The quantitative estimate of drug-likeness (QED) is 0.346. The van der Waals surface area contributed by atoms with Gasteiger partial charge in [-0.2, -0.15) is 0 Å². The van der Waals surface area contributed by atoms with Crippen LogP contribution in [0.15, 0.2) is 18.2 Å². The number of hydrogen-bond acceptors (Lipinski definition) is 6. The first-order valence-corrected chi connectivity index (χ1v) is 8.60. The van der Waals surface area contributed by atoms with E-state index in [1.54, 1.807) is 39.0 Å². The van der Waals surface area contributed by atoms with Gasteiger partial charge in [-0.15, -0.1) is 0 Å². The SMILES string of the molecule is CCCOCCOCCOC(=O)c1ccc(OC(=O)C(C)C)c(C)c1. The minimum atomic E-state index is -0.435. The summed E-state index contributed by atoms with van der Waals surface area (Å²) in [6.45, 7) is 9.59. The van der Waals surface area contributed by atoms with Gasteiger partial charge in [-0.05, 0) is 37.1 Å². The molecule has 6 nitrogen and oxygen atoms in total. The standard InChI is InChI=1S/C19H28O6/c1-5-8-22-9-10-23-11-12-24-19(21)16-6-7-17(15(4)13-16)25-18(20)14(2)3/h6-7,13-14H,5,8-12H2,1-4H3. The molecule has 0 fully saturated rings. The molecular formula is C19H28O6. The van der Waals surface area contributed by atoms with Crippen LogP contribution in [-0.4, -0.2) is 45.0 Å². The molecule has 0 saturated heterocycles. The number of benzene rings is 1. The van der Waals surface area contributed by atoms with Crippen LogP contribution in [-0.2, 0) is 19.0 Å². The van der Waals surface area contributed by atoms with E-state index in [9.17, 15) is 9.59 Å². The fraction of sp³-hybridized carbons (Fsp3) is 0.579. The zero-order valence-corrected chi connectivity index (χ0v) is 15.5. The molecule has 0 aromatic heterocycles. The van der Waals surface area contributed by atoms with Gasteiger partial charge in [0.15, 0.2) is 0 Å². The van der Waals surface area contributed by atoms with Gasteiger partial charge < -0.3 is 18.9 Å². The summed E-state index contributed by atoms with van der Waals surface area (Å²) >= 11 is 0. The molecule has 1 rings (SSSR count). The topological polar surface area (TPSA) is 71.1 Å². The summed E-state index contributed by atoms with van der Waals surface area (Å²) in [4.78, 5) is 23.6. The molecule has 0 N–H and O–H groups in total. The van der Waals surface area contributed by atoms with Gasteiger partial charge in [0, 0.05) is 6.61 Å². The molecule has 6 heteroatoms. The third kappa shape index (κ3) is 8.14. The number of hydrogen-bond donors (Lipinski definition) is 0. The van der Waals surface area contributed by atoms with Crippen molar-refractivity contribution in [2.24, 2.45) is 5.92 Å². The molecule has 0 radical (unpaired) electrons. The first kappa shape index (κ1) is 21.1. The Morgan fingerprint density at radius 2 is 1.64 bits per heavy atom. The van der Waals surface area contributed by atoms with E-state index in [1.807, 2.05) is 6.92 Å². The Balaban J connectivity index is 2.36. The van der Waals surface area contributed by atoms with Gasteiger partial charge in [-0.3, -0.25) is 4.79 Å². The Bertz CT molecular complexity index is 553. The van der Waals surface area contributed by atoms with Crippen molar-refractivity contribution in [2.75, 3.05) is 33.0 Å². The van der Waals surface area contributed by atoms with Crippen LogP contribution in [0.5, 0.6) is 5.75 Å². The molecule has 0 atom stereocenters. The number of esters is 2. The average molecular weight is 352 g/mol. The average Bonchev–Trinajstić information content (AvgIpc) is 2.58. The molecule has 1 aromatic rings. The minimum Gasteiger partial charge on any atom is -0.460 e. The second-order valence-corrected chi connectivity index (χ2v) is 5.92. The summed E-state index contributed by atoms with van der Waals surface area (Å²) in [5, 5.41) is 0. The van der Waals surface area contributed by atoms with Crippen molar-refractivity contribution in [3.05, 3.63) is 29.3 Å². The maximum Gasteiger partial charge on any atom is 0.338 e. The third-order valence-corrected chi connectivity index (χ3v) is 3.27. The van der Waals surface area contributed by atoms with E-state index in [-0.39, 0.29) is 18.5 Å². The van der Waals surface area contributed by atoms with Crippen LogP contribution < -0.4 is 4.74 Å². The lowest BCUT2D eigenvalue weighted by Crippen LogP contribution is -2.16. The van der Waals surface area contributed by atoms with Gasteiger partial charge in [-0.25, -0.2) is 4.79 Å². The van der Waals surface area contributed by atoms with Crippen molar-refractivity contribution in [3.63, 3.8) is 0 Å². The molecule has 0 spiro atoms. The molecule has 0 aliphatic heterocycles. The van der Waals surface area contributed by atoms with E-state index in [0.717, 1.165) is 13.0 Å². The van der Waals surface area contributed by atoms with E-state index >= 15 is 0 Å². The maximum absolute atomic E-state index is 12.0. The normalized spacial score (nSPS) is 10.8. The molecule has 0 unspecified atom stereocenters. The predicted octanol–water partition coefficient (Wildman–Crippen LogP) is 3.16. The van der Waals surface area contributed by atoms with Crippen LogP contribution in [0.25, 0.3) is 0 Å². The summed E-state index contributed by atoms with van der Waals surface area (Å²) in [6, 6.07) is 4.83. The van der Waals surface area contributed by atoms with Gasteiger partial charge in [0.1, 0.15) is 12.4 Å². The summed E-state index contributed by atoms with van der Waals surface area (Å²) in [5.74, 6) is -0.503. The van der Waals surface area contributed by atoms with Gasteiger partial charge in [0.2, 0.25) is 0 Å². The minimum absolute atomic E-state index is 0.176. The highest BCUT2D eigenvalue weighted by atomic mass is 16.6. The number of rotatable bonds is 11. The zero-order valence-electron chi connectivity index (χ0n) is 15.5. The highest BCUT2D eigenvalue weighted by molar-refractivity contribution is 5.90. The number of ether oxygens (including phenoxy) is 4. The highest BCUT2D eigenvalue weighted by Crippen LogP contribution is 2.20. The molecule has 0 aliphatic rings. The van der Waals surface area contributed by atoms with Crippen LogP contribution in [0.1, 0.15) is 43.1 Å². The monoisotopic (exact) mass is 352 g/mol. The van der Waals surface area contributed by atoms with Crippen molar-refractivity contribution in [1.29, 1.82) is 0 Å². The number of carbonyl (C=O) groups is 2. The molecule has 25 heavy (non-hydrogen) atoms.